The highest BCUT2D eigenvalue weighted by molar-refractivity contribution is 5.67. The van der Waals surface area contributed by atoms with Gasteiger partial charge in [0.05, 0.1) is 0 Å². The molecule has 0 aliphatic heterocycles. The lowest BCUT2D eigenvalue weighted by Gasteiger charge is -2.09. The van der Waals surface area contributed by atoms with Gasteiger partial charge >= 0.3 is 6.18 Å². The minimum absolute atomic E-state index is 0.185. The van der Waals surface area contributed by atoms with Crippen molar-refractivity contribution in [3.05, 3.63) is 48.5 Å². The Morgan fingerprint density at radius 1 is 0.947 bits per heavy atom. The maximum Gasteiger partial charge on any atom is 0.422 e. The van der Waals surface area contributed by atoms with Crippen LogP contribution in [0.5, 0.6) is 5.75 Å². The fourth-order valence-electron chi connectivity index (χ4n) is 1.63. The van der Waals surface area contributed by atoms with Crippen molar-refractivity contribution in [2.45, 2.75) is 6.18 Å². The number of nitrogen functional groups attached to an aromatic ring is 1. The molecule has 2 rings (SSSR count). The van der Waals surface area contributed by atoms with Crippen LogP contribution in [0.2, 0.25) is 0 Å². The summed E-state index contributed by atoms with van der Waals surface area (Å²) in [6, 6.07) is 13.7. The van der Waals surface area contributed by atoms with Crippen LogP contribution in [-0.4, -0.2) is 12.8 Å². The van der Waals surface area contributed by atoms with Crippen molar-refractivity contribution >= 4 is 5.69 Å². The van der Waals surface area contributed by atoms with Gasteiger partial charge in [-0.05, 0) is 35.4 Å². The summed E-state index contributed by atoms with van der Waals surface area (Å²) in [7, 11) is 0. The smallest absolute Gasteiger partial charge is 0.422 e. The number of nitrogens with two attached hydrogens (primary N) is 1. The Kier molecular flexibility index (Phi) is 3.64. The summed E-state index contributed by atoms with van der Waals surface area (Å²) < 4.78 is 40.6. The second-order valence-electron chi connectivity index (χ2n) is 4.05. The summed E-state index contributed by atoms with van der Waals surface area (Å²) in [6.45, 7) is -1.29. The molecule has 0 fully saturated rings. The predicted octanol–water partition coefficient (Wildman–Crippen LogP) is 3.88. The third-order valence-electron chi connectivity index (χ3n) is 2.48. The predicted molar refractivity (Wildman–Crippen MR) is 67.8 cm³/mol. The van der Waals surface area contributed by atoms with Crippen molar-refractivity contribution in [2.24, 2.45) is 0 Å². The molecule has 0 aliphatic carbocycles. The quantitative estimate of drug-likeness (QED) is 0.856. The highest BCUT2D eigenvalue weighted by Gasteiger charge is 2.28. The Morgan fingerprint density at radius 2 is 1.63 bits per heavy atom. The van der Waals surface area contributed by atoms with Crippen LogP contribution in [0.15, 0.2) is 48.5 Å². The van der Waals surface area contributed by atoms with Gasteiger partial charge in [0, 0.05) is 5.69 Å². The van der Waals surface area contributed by atoms with E-state index in [9.17, 15) is 13.2 Å². The van der Waals surface area contributed by atoms with Crippen molar-refractivity contribution in [1.29, 1.82) is 0 Å². The fourth-order valence-corrected chi connectivity index (χ4v) is 1.63. The van der Waals surface area contributed by atoms with Crippen molar-refractivity contribution in [3.63, 3.8) is 0 Å². The van der Waals surface area contributed by atoms with Crippen LogP contribution < -0.4 is 10.5 Å². The van der Waals surface area contributed by atoms with Gasteiger partial charge in [-0.1, -0.05) is 24.3 Å². The number of rotatable bonds is 3. The van der Waals surface area contributed by atoms with Gasteiger partial charge < -0.3 is 10.5 Å². The van der Waals surface area contributed by atoms with Gasteiger partial charge in [0.15, 0.2) is 6.61 Å². The zero-order valence-corrected chi connectivity index (χ0v) is 9.95. The van der Waals surface area contributed by atoms with Crippen LogP contribution in [-0.2, 0) is 0 Å². The lowest BCUT2D eigenvalue weighted by atomic mass is 10.1. The second-order valence-corrected chi connectivity index (χ2v) is 4.05. The molecule has 0 heterocycles. The molecule has 0 bridgehead atoms. The van der Waals surface area contributed by atoms with Crippen molar-refractivity contribution in [2.75, 3.05) is 12.3 Å². The summed E-state index contributed by atoms with van der Waals surface area (Å²) in [5.41, 5.74) is 8.08. The molecule has 2 nitrogen and oxygen atoms in total. The van der Waals surface area contributed by atoms with Crippen LogP contribution in [0.4, 0.5) is 18.9 Å². The molecule has 100 valence electrons. The molecule has 0 spiro atoms. The van der Waals surface area contributed by atoms with E-state index in [4.69, 9.17) is 5.73 Å². The van der Waals surface area contributed by atoms with Gasteiger partial charge in [-0.25, -0.2) is 0 Å². The first kappa shape index (κ1) is 13.3. The third-order valence-corrected chi connectivity index (χ3v) is 2.48. The number of anilines is 1. The third kappa shape index (κ3) is 3.91. The highest BCUT2D eigenvalue weighted by atomic mass is 19.4. The molecular formula is C14H12F3NO. The van der Waals surface area contributed by atoms with E-state index in [2.05, 4.69) is 4.74 Å². The number of hydrogen-bond donors (Lipinski definition) is 1. The van der Waals surface area contributed by atoms with Gasteiger partial charge in [0.2, 0.25) is 0 Å². The zero-order chi connectivity index (χ0) is 13.9. The first-order valence-electron chi connectivity index (χ1n) is 5.59. The second kappa shape index (κ2) is 5.22. The molecule has 2 aromatic carbocycles. The van der Waals surface area contributed by atoms with E-state index in [1.807, 2.05) is 12.1 Å². The first-order valence-corrected chi connectivity index (χ1v) is 5.59. The average molecular weight is 267 g/mol. The van der Waals surface area contributed by atoms with Gasteiger partial charge in [-0.2, -0.15) is 13.2 Å². The van der Waals surface area contributed by atoms with E-state index >= 15 is 0 Å². The largest absolute Gasteiger partial charge is 0.484 e. The lowest BCUT2D eigenvalue weighted by molar-refractivity contribution is -0.153. The lowest BCUT2D eigenvalue weighted by Crippen LogP contribution is -2.19. The number of hydrogen-bond acceptors (Lipinski definition) is 2. The number of alkyl halides is 3. The van der Waals surface area contributed by atoms with E-state index in [0.29, 0.717) is 5.69 Å². The van der Waals surface area contributed by atoms with Crippen LogP contribution in [0.25, 0.3) is 11.1 Å². The molecule has 0 saturated heterocycles. The SMILES string of the molecule is Nc1cccc(-c2ccc(OCC(F)(F)F)cc2)c1. The minimum Gasteiger partial charge on any atom is -0.484 e. The monoisotopic (exact) mass is 267 g/mol. The molecule has 0 aromatic heterocycles. The van der Waals surface area contributed by atoms with E-state index in [1.54, 1.807) is 24.3 Å². The standard InChI is InChI=1S/C14H12F3NO/c15-14(16,17)9-19-13-6-4-10(5-7-13)11-2-1-3-12(18)8-11/h1-8H,9,18H2. The Bertz CT molecular complexity index is 549. The summed E-state index contributed by atoms with van der Waals surface area (Å²) in [5.74, 6) is 0.185. The summed E-state index contributed by atoms with van der Waals surface area (Å²) in [4.78, 5) is 0. The Balaban J connectivity index is 2.10. The molecule has 19 heavy (non-hydrogen) atoms. The van der Waals surface area contributed by atoms with Crippen molar-refractivity contribution in [3.8, 4) is 16.9 Å². The topological polar surface area (TPSA) is 35.2 Å². The number of halogens is 3. The molecule has 0 unspecified atom stereocenters. The normalized spacial score (nSPS) is 11.3. The van der Waals surface area contributed by atoms with E-state index in [0.717, 1.165) is 11.1 Å². The maximum absolute atomic E-state index is 12.0. The van der Waals surface area contributed by atoms with Crippen LogP contribution in [0.3, 0.4) is 0 Å². The molecular weight excluding hydrogens is 255 g/mol. The Labute approximate surface area is 108 Å². The highest BCUT2D eigenvalue weighted by Crippen LogP contribution is 2.25. The number of ether oxygens (including phenoxy) is 1. The van der Waals surface area contributed by atoms with Crippen LogP contribution in [0, 0.1) is 0 Å². The van der Waals surface area contributed by atoms with Crippen molar-refractivity contribution in [1.82, 2.24) is 0 Å². The number of benzene rings is 2. The average Bonchev–Trinajstić information content (AvgIpc) is 2.36. The fraction of sp³-hybridized carbons (Fsp3) is 0.143. The van der Waals surface area contributed by atoms with Gasteiger partial charge in [0.1, 0.15) is 5.75 Å². The molecule has 0 atom stereocenters. The van der Waals surface area contributed by atoms with E-state index in [1.165, 1.54) is 12.1 Å². The molecule has 0 aliphatic rings. The van der Waals surface area contributed by atoms with Gasteiger partial charge in [0.25, 0.3) is 0 Å². The Hall–Kier alpha value is -2.17. The first-order chi connectivity index (χ1) is 8.94. The molecule has 0 saturated carbocycles. The molecule has 0 amide bonds. The van der Waals surface area contributed by atoms with Crippen LogP contribution >= 0.6 is 0 Å². The van der Waals surface area contributed by atoms with Gasteiger partial charge in [-0.15, -0.1) is 0 Å². The van der Waals surface area contributed by atoms with E-state index < -0.39 is 12.8 Å². The summed E-state index contributed by atoms with van der Waals surface area (Å²) in [6.07, 6.45) is -4.33. The van der Waals surface area contributed by atoms with Crippen LogP contribution in [0.1, 0.15) is 0 Å². The Morgan fingerprint density at radius 3 is 2.21 bits per heavy atom. The molecule has 2 N–H and O–H groups in total. The summed E-state index contributed by atoms with van der Waals surface area (Å²) in [5, 5.41) is 0. The molecule has 5 heteroatoms. The van der Waals surface area contributed by atoms with Gasteiger partial charge in [-0.3, -0.25) is 0 Å². The molecule has 0 radical (unpaired) electrons. The summed E-state index contributed by atoms with van der Waals surface area (Å²) >= 11 is 0. The van der Waals surface area contributed by atoms with Crippen molar-refractivity contribution < 1.29 is 17.9 Å². The minimum atomic E-state index is -4.33. The molecule has 2 aromatic rings. The maximum atomic E-state index is 12.0. The zero-order valence-electron chi connectivity index (χ0n) is 9.95. The van der Waals surface area contributed by atoms with E-state index in [-0.39, 0.29) is 5.75 Å².